The van der Waals surface area contributed by atoms with E-state index in [0.717, 1.165) is 25.7 Å². The second kappa shape index (κ2) is 6.75. The van der Waals surface area contributed by atoms with Crippen LogP contribution in [0.15, 0.2) is 18.2 Å². The smallest absolute Gasteiger partial charge is 0.292 e. The van der Waals surface area contributed by atoms with E-state index >= 15 is 0 Å². The van der Waals surface area contributed by atoms with Crippen LogP contribution < -0.4 is 5.32 Å². The lowest BCUT2D eigenvalue weighted by Crippen LogP contribution is -2.40. The zero-order valence-corrected chi connectivity index (χ0v) is 13.4. The predicted molar refractivity (Wildman–Crippen MR) is 87.5 cm³/mol. The molecule has 1 aliphatic heterocycles. The number of benzene rings is 1. The zero-order chi connectivity index (χ0) is 17.2. The Kier molecular flexibility index (Phi) is 4.69. The van der Waals surface area contributed by atoms with E-state index in [-0.39, 0.29) is 17.0 Å². The molecule has 2 fully saturated rings. The number of hydrogen-bond acceptors (Lipinski definition) is 6. The summed E-state index contributed by atoms with van der Waals surface area (Å²) in [6, 6.07) is 6.26. The molecule has 2 unspecified atom stereocenters. The third kappa shape index (κ3) is 3.07. The Bertz CT molecular complexity index is 664. The van der Waals surface area contributed by atoms with Crippen LogP contribution in [0.25, 0.3) is 0 Å². The molecule has 2 N–H and O–H groups in total. The summed E-state index contributed by atoms with van der Waals surface area (Å²) in [5, 5.41) is 33.9. The van der Waals surface area contributed by atoms with Crippen molar-refractivity contribution >= 4 is 11.4 Å². The van der Waals surface area contributed by atoms with Gasteiger partial charge in [-0.25, -0.2) is 0 Å². The van der Waals surface area contributed by atoms with Gasteiger partial charge in [0.15, 0.2) is 0 Å². The van der Waals surface area contributed by atoms with E-state index in [9.17, 15) is 15.2 Å². The number of hydrogen-bond donors (Lipinski definition) is 2. The number of nitrogens with zero attached hydrogens (tertiary/aromatic N) is 2. The number of nitriles is 1. The first-order valence-electron chi connectivity index (χ1n) is 8.24. The van der Waals surface area contributed by atoms with Crippen molar-refractivity contribution in [1.82, 2.24) is 0 Å². The summed E-state index contributed by atoms with van der Waals surface area (Å²) in [5.41, 5.74) is 0.586. The molecule has 0 amide bonds. The van der Waals surface area contributed by atoms with Crippen LogP contribution in [0.3, 0.4) is 0 Å². The average Bonchev–Trinajstić information content (AvgIpc) is 2.89. The van der Waals surface area contributed by atoms with E-state index in [4.69, 9.17) is 10.00 Å². The van der Waals surface area contributed by atoms with Crippen LogP contribution in [0.4, 0.5) is 11.4 Å². The highest BCUT2D eigenvalue weighted by atomic mass is 16.6. The van der Waals surface area contributed by atoms with Crippen molar-refractivity contribution in [2.75, 3.05) is 25.1 Å². The third-order valence-electron chi connectivity index (χ3n) is 5.45. The molecule has 1 heterocycles. The summed E-state index contributed by atoms with van der Waals surface area (Å²) in [6.07, 6.45) is 3.17. The molecular weight excluding hydrogens is 310 g/mol. The number of nitro benzene ring substituents is 1. The lowest BCUT2D eigenvalue weighted by atomic mass is 9.76. The van der Waals surface area contributed by atoms with Crippen LogP contribution in [-0.4, -0.2) is 35.9 Å². The van der Waals surface area contributed by atoms with Crippen molar-refractivity contribution < 1.29 is 14.8 Å². The molecule has 0 bridgehead atoms. The Balaban J connectivity index is 1.70. The number of rotatable bonds is 4. The Hall–Kier alpha value is -2.17. The first-order valence-corrected chi connectivity index (χ1v) is 8.24. The molecule has 24 heavy (non-hydrogen) atoms. The topological polar surface area (TPSA) is 108 Å². The van der Waals surface area contributed by atoms with Gasteiger partial charge in [-0.15, -0.1) is 0 Å². The highest BCUT2D eigenvalue weighted by Gasteiger charge is 2.48. The van der Waals surface area contributed by atoms with Crippen LogP contribution >= 0.6 is 0 Å². The van der Waals surface area contributed by atoms with Gasteiger partial charge in [-0.3, -0.25) is 10.1 Å². The Morgan fingerprint density at radius 2 is 2.17 bits per heavy atom. The molecule has 1 aromatic carbocycles. The molecule has 128 valence electrons. The van der Waals surface area contributed by atoms with Gasteiger partial charge in [0.2, 0.25) is 0 Å². The van der Waals surface area contributed by atoms with E-state index in [1.165, 1.54) is 18.2 Å². The lowest BCUT2D eigenvalue weighted by Gasteiger charge is -2.37. The van der Waals surface area contributed by atoms with E-state index in [1.807, 2.05) is 6.07 Å². The summed E-state index contributed by atoms with van der Waals surface area (Å²) in [6.45, 7) is 1.83. The SMILES string of the molecule is N#Cc1ccc([N+](=O)[O-])c(NCC2CCC3(CCOCC3)C2O)c1. The quantitative estimate of drug-likeness (QED) is 0.648. The molecule has 2 atom stereocenters. The number of nitro groups is 1. The van der Waals surface area contributed by atoms with Gasteiger partial charge in [-0.05, 0) is 37.8 Å². The second-order valence-electron chi connectivity index (χ2n) is 6.70. The normalized spacial score (nSPS) is 25.3. The number of aliphatic hydroxyl groups excluding tert-OH is 1. The number of nitrogens with one attached hydrogen (secondary N) is 1. The van der Waals surface area contributed by atoms with Crippen LogP contribution in [-0.2, 0) is 4.74 Å². The lowest BCUT2D eigenvalue weighted by molar-refractivity contribution is -0.384. The molecule has 0 radical (unpaired) electrons. The van der Waals surface area contributed by atoms with Crippen molar-refractivity contribution in [3.05, 3.63) is 33.9 Å². The number of aliphatic hydroxyl groups is 1. The zero-order valence-electron chi connectivity index (χ0n) is 13.4. The van der Waals surface area contributed by atoms with Crippen molar-refractivity contribution in [2.24, 2.45) is 11.3 Å². The molecule has 1 aromatic rings. The van der Waals surface area contributed by atoms with Gasteiger partial charge in [0.1, 0.15) is 5.69 Å². The van der Waals surface area contributed by atoms with Crippen LogP contribution in [0.2, 0.25) is 0 Å². The minimum Gasteiger partial charge on any atom is -0.392 e. The summed E-state index contributed by atoms with van der Waals surface area (Å²) in [4.78, 5) is 10.7. The minimum absolute atomic E-state index is 0.0495. The van der Waals surface area contributed by atoms with Crippen molar-refractivity contribution in [2.45, 2.75) is 31.8 Å². The molecule has 7 nitrogen and oxygen atoms in total. The Morgan fingerprint density at radius 3 is 2.83 bits per heavy atom. The summed E-state index contributed by atoms with van der Waals surface area (Å²) < 4.78 is 5.40. The third-order valence-corrected chi connectivity index (χ3v) is 5.45. The molecule has 1 aliphatic carbocycles. The molecule has 1 spiro atoms. The van der Waals surface area contributed by atoms with Gasteiger partial charge in [0.25, 0.3) is 5.69 Å². The van der Waals surface area contributed by atoms with Gasteiger partial charge < -0.3 is 15.2 Å². The predicted octanol–water partition coefficient (Wildman–Crippen LogP) is 2.45. The molecular formula is C17H21N3O4. The average molecular weight is 331 g/mol. The minimum atomic E-state index is -0.464. The number of ether oxygens (including phenoxy) is 1. The maximum absolute atomic E-state index is 11.1. The molecule has 1 saturated carbocycles. The Labute approximate surface area is 140 Å². The first-order chi connectivity index (χ1) is 11.6. The van der Waals surface area contributed by atoms with Gasteiger partial charge in [0, 0.05) is 37.2 Å². The maximum atomic E-state index is 11.1. The van der Waals surface area contributed by atoms with Crippen molar-refractivity contribution in [3.63, 3.8) is 0 Å². The van der Waals surface area contributed by atoms with Crippen LogP contribution in [0.5, 0.6) is 0 Å². The van der Waals surface area contributed by atoms with Crippen molar-refractivity contribution in [1.29, 1.82) is 5.26 Å². The van der Waals surface area contributed by atoms with Gasteiger partial charge in [0.05, 0.1) is 22.7 Å². The first kappa shape index (κ1) is 16.7. The van der Waals surface area contributed by atoms with E-state index in [0.29, 0.717) is 31.0 Å². The maximum Gasteiger partial charge on any atom is 0.292 e. The highest BCUT2D eigenvalue weighted by Crippen LogP contribution is 2.48. The van der Waals surface area contributed by atoms with E-state index < -0.39 is 11.0 Å². The molecule has 7 heteroatoms. The fraction of sp³-hybridized carbons (Fsp3) is 0.588. The largest absolute Gasteiger partial charge is 0.392 e. The fourth-order valence-corrected chi connectivity index (χ4v) is 3.96. The summed E-state index contributed by atoms with van der Waals surface area (Å²) in [7, 11) is 0. The van der Waals surface area contributed by atoms with Gasteiger partial charge >= 0.3 is 0 Å². The standard InChI is InChI=1S/C17H21N3O4/c18-10-12-1-2-15(20(22)23)14(9-12)19-11-13-3-4-17(16(13)21)5-7-24-8-6-17/h1-2,9,13,16,19,21H,3-8,11H2. The highest BCUT2D eigenvalue weighted by molar-refractivity contribution is 5.64. The second-order valence-corrected chi connectivity index (χ2v) is 6.70. The number of anilines is 1. The fourth-order valence-electron chi connectivity index (χ4n) is 3.96. The molecule has 3 rings (SSSR count). The summed E-state index contributed by atoms with van der Waals surface area (Å²) >= 11 is 0. The van der Waals surface area contributed by atoms with Crippen molar-refractivity contribution in [3.8, 4) is 6.07 Å². The van der Waals surface area contributed by atoms with E-state index in [2.05, 4.69) is 5.32 Å². The van der Waals surface area contributed by atoms with E-state index in [1.54, 1.807) is 0 Å². The monoisotopic (exact) mass is 331 g/mol. The van der Waals surface area contributed by atoms with Gasteiger partial charge in [-0.2, -0.15) is 5.26 Å². The Morgan fingerprint density at radius 1 is 1.42 bits per heavy atom. The summed E-state index contributed by atoms with van der Waals surface area (Å²) in [5.74, 6) is 0.0495. The molecule has 0 aromatic heterocycles. The molecule has 2 aliphatic rings. The molecule has 1 saturated heterocycles. The van der Waals surface area contributed by atoms with Crippen LogP contribution in [0.1, 0.15) is 31.2 Å². The van der Waals surface area contributed by atoms with Crippen LogP contribution in [0, 0.1) is 32.8 Å². The van der Waals surface area contributed by atoms with Gasteiger partial charge in [-0.1, -0.05) is 0 Å².